The van der Waals surface area contributed by atoms with Gasteiger partial charge in [-0.15, -0.1) is 22.7 Å². The molecule has 4 heterocycles. The van der Waals surface area contributed by atoms with Gasteiger partial charge in [0.15, 0.2) is 15.9 Å². The number of thioether (sulfide) groups is 1. The molecule has 4 aromatic heterocycles. The SMILES string of the molecule is Cc1sc2nc(SCc3csc(-c4ccco4)n3)n(C)c(=O)c2c1C. The van der Waals surface area contributed by atoms with Gasteiger partial charge in [-0.05, 0) is 31.5 Å². The first-order valence-electron chi connectivity index (χ1n) is 7.62. The molecule has 5 nitrogen and oxygen atoms in total. The molecule has 0 bridgehead atoms. The number of nitrogens with zero attached hydrogens (tertiary/aromatic N) is 3. The van der Waals surface area contributed by atoms with Crippen LogP contribution in [0.5, 0.6) is 0 Å². The van der Waals surface area contributed by atoms with E-state index in [2.05, 4.69) is 4.98 Å². The molecule has 0 atom stereocenters. The van der Waals surface area contributed by atoms with E-state index in [9.17, 15) is 4.79 Å². The third-order valence-electron chi connectivity index (χ3n) is 4.00. The van der Waals surface area contributed by atoms with Gasteiger partial charge in [0, 0.05) is 23.1 Å². The average molecular weight is 390 g/mol. The lowest BCUT2D eigenvalue weighted by atomic mass is 10.2. The van der Waals surface area contributed by atoms with Crippen molar-refractivity contribution in [3.05, 3.63) is 50.3 Å². The molecule has 8 heteroatoms. The highest BCUT2D eigenvalue weighted by Gasteiger charge is 2.15. The Morgan fingerprint density at radius 3 is 2.92 bits per heavy atom. The Bertz CT molecular complexity index is 1110. The van der Waals surface area contributed by atoms with Gasteiger partial charge in [-0.3, -0.25) is 9.36 Å². The summed E-state index contributed by atoms with van der Waals surface area (Å²) < 4.78 is 7.01. The van der Waals surface area contributed by atoms with Gasteiger partial charge < -0.3 is 4.42 Å². The van der Waals surface area contributed by atoms with Gasteiger partial charge in [0.25, 0.3) is 5.56 Å². The third-order valence-corrected chi connectivity index (χ3v) is 7.07. The maximum absolute atomic E-state index is 12.6. The number of aromatic nitrogens is 3. The zero-order valence-corrected chi connectivity index (χ0v) is 16.3. The number of thiophene rings is 1. The van der Waals surface area contributed by atoms with Gasteiger partial charge in [-0.25, -0.2) is 9.97 Å². The van der Waals surface area contributed by atoms with Gasteiger partial charge in [-0.1, -0.05) is 11.8 Å². The summed E-state index contributed by atoms with van der Waals surface area (Å²) in [4.78, 5) is 23.9. The lowest BCUT2D eigenvalue weighted by Crippen LogP contribution is -2.19. The summed E-state index contributed by atoms with van der Waals surface area (Å²) in [6, 6.07) is 3.75. The van der Waals surface area contributed by atoms with Crippen molar-refractivity contribution in [3.63, 3.8) is 0 Å². The van der Waals surface area contributed by atoms with E-state index >= 15 is 0 Å². The molecule has 0 aliphatic rings. The van der Waals surface area contributed by atoms with Crippen LogP contribution in [0.1, 0.15) is 16.1 Å². The summed E-state index contributed by atoms with van der Waals surface area (Å²) in [5, 5.41) is 4.33. The first kappa shape index (κ1) is 16.6. The predicted molar refractivity (Wildman–Crippen MR) is 104 cm³/mol. The third kappa shape index (κ3) is 2.94. The lowest BCUT2D eigenvalue weighted by molar-refractivity contribution is 0.581. The molecule has 4 aromatic rings. The van der Waals surface area contributed by atoms with Gasteiger partial charge in [0.1, 0.15) is 4.83 Å². The Kier molecular flexibility index (Phi) is 4.26. The molecule has 0 unspecified atom stereocenters. The Labute approximate surface area is 156 Å². The fourth-order valence-electron chi connectivity index (χ4n) is 2.51. The van der Waals surface area contributed by atoms with Crippen LogP contribution in [0.3, 0.4) is 0 Å². The Hall–Kier alpha value is -1.90. The quantitative estimate of drug-likeness (QED) is 0.376. The van der Waals surface area contributed by atoms with Crippen LogP contribution >= 0.6 is 34.4 Å². The molecule has 25 heavy (non-hydrogen) atoms. The molecule has 0 aromatic carbocycles. The largest absolute Gasteiger partial charge is 0.462 e. The average Bonchev–Trinajstić information content (AvgIpc) is 3.31. The summed E-state index contributed by atoms with van der Waals surface area (Å²) in [7, 11) is 1.78. The smallest absolute Gasteiger partial charge is 0.262 e. The molecule has 0 aliphatic carbocycles. The first-order chi connectivity index (χ1) is 12.0. The number of hydrogen-bond donors (Lipinski definition) is 0. The van der Waals surface area contributed by atoms with Crippen molar-refractivity contribution in [1.29, 1.82) is 0 Å². The Morgan fingerprint density at radius 2 is 2.16 bits per heavy atom. The molecule has 0 spiro atoms. The van der Waals surface area contributed by atoms with Crippen molar-refractivity contribution < 1.29 is 4.42 Å². The van der Waals surface area contributed by atoms with Crippen LogP contribution in [-0.4, -0.2) is 14.5 Å². The van der Waals surface area contributed by atoms with Gasteiger partial charge in [0.2, 0.25) is 0 Å². The number of furan rings is 1. The number of rotatable bonds is 4. The summed E-state index contributed by atoms with van der Waals surface area (Å²) in [5.41, 5.74) is 2.01. The van der Waals surface area contributed by atoms with Crippen molar-refractivity contribution in [2.75, 3.05) is 0 Å². The number of aryl methyl sites for hydroxylation is 2. The van der Waals surface area contributed by atoms with E-state index in [1.807, 2.05) is 31.4 Å². The second-order valence-corrected chi connectivity index (χ2v) is 8.64. The van der Waals surface area contributed by atoms with Crippen molar-refractivity contribution >= 4 is 44.7 Å². The van der Waals surface area contributed by atoms with E-state index in [0.717, 1.165) is 37.1 Å². The predicted octanol–water partition coefficient (Wildman–Crippen LogP) is 4.62. The maximum Gasteiger partial charge on any atom is 0.262 e. The molecular formula is C17H15N3O2S3. The highest BCUT2D eigenvalue weighted by molar-refractivity contribution is 7.98. The van der Waals surface area contributed by atoms with E-state index in [0.29, 0.717) is 10.9 Å². The van der Waals surface area contributed by atoms with Crippen LogP contribution in [0.15, 0.2) is 38.1 Å². The van der Waals surface area contributed by atoms with Crippen molar-refractivity contribution in [2.45, 2.75) is 24.8 Å². The van der Waals surface area contributed by atoms with E-state index < -0.39 is 0 Å². The minimum absolute atomic E-state index is 0.0175. The molecule has 0 radical (unpaired) electrons. The molecular weight excluding hydrogens is 374 g/mol. The van der Waals surface area contributed by atoms with E-state index in [4.69, 9.17) is 9.40 Å². The van der Waals surface area contributed by atoms with E-state index in [-0.39, 0.29) is 5.56 Å². The molecule has 0 aliphatic heterocycles. The fraction of sp³-hybridized carbons (Fsp3) is 0.235. The zero-order valence-electron chi connectivity index (χ0n) is 13.9. The molecule has 0 saturated heterocycles. The zero-order chi connectivity index (χ0) is 17.6. The van der Waals surface area contributed by atoms with E-state index in [1.54, 1.807) is 40.6 Å². The number of thiazole rings is 1. The standard InChI is InChI=1S/C17H15N3O2S3/c1-9-10(2)25-15-13(9)16(21)20(3)17(19-15)24-8-11-7-23-14(18-11)12-5-4-6-22-12/h4-7H,8H2,1-3H3. The summed E-state index contributed by atoms with van der Waals surface area (Å²) >= 11 is 4.66. The summed E-state index contributed by atoms with van der Waals surface area (Å²) in [6.07, 6.45) is 1.64. The van der Waals surface area contributed by atoms with Crippen molar-refractivity contribution in [1.82, 2.24) is 14.5 Å². The van der Waals surface area contributed by atoms with Crippen LogP contribution in [-0.2, 0) is 12.8 Å². The minimum Gasteiger partial charge on any atom is -0.462 e. The molecule has 0 saturated carbocycles. The van der Waals surface area contributed by atoms with Crippen LogP contribution in [0, 0.1) is 13.8 Å². The van der Waals surface area contributed by atoms with Crippen LogP contribution in [0.25, 0.3) is 21.0 Å². The molecule has 0 N–H and O–H groups in total. The lowest BCUT2D eigenvalue weighted by Gasteiger charge is -2.06. The first-order valence-corrected chi connectivity index (χ1v) is 10.3. The number of hydrogen-bond acceptors (Lipinski definition) is 7. The Morgan fingerprint density at radius 1 is 1.32 bits per heavy atom. The molecule has 128 valence electrons. The van der Waals surface area contributed by atoms with E-state index in [1.165, 1.54) is 11.8 Å². The molecule has 0 fully saturated rings. The molecule has 0 amide bonds. The monoisotopic (exact) mass is 389 g/mol. The van der Waals surface area contributed by atoms with Gasteiger partial charge in [-0.2, -0.15) is 0 Å². The normalized spacial score (nSPS) is 11.5. The Balaban J connectivity index is 1.61. The van der Waals surface area contributed by atoms with Gasteiger partial charge in [0.05, 0.1) is 17.3 Å². The molecule has 4 rings (SSSR count). The second-order valence-electron chi connectivity index (χ2n) is 5.63. The minimum atomic E-state index is 0.0175. The van der Waals surface area contributed by atoms with Crippen molar-refractivity contribution in [3.8, 4) is 10.8 Å². The number of fused-ring (bicyclic) bond motifs is 1. The summed E-state index contributed by atoms with van der Waals surface area (Å²) in [6.45, 7) is 4.01. The van der Waals surface area contributed by atoms with Crippen LogP contribution in [0.4, 0.5) is 0 Å². The second kappa shape index (κ2) is 6.44. The van der Waals surface area contributed by atoms with Crippen LogP contribution < -0.4 is 5.56 Å². The fourth-order valence-corrected chi connectivity index (χ4v) is 5.34. The van der Waals surface area contributed by atoms with Gasteiger partial charge >= 0.3 is 0 Å². The highest BCUT2D eigenvalue weighted by atomic mass is 32.2. The maximum atomic E-state index is 12.6. The topological polar surface area (TPSA) is 60.9 Å². The highest BCUT2D eigenvalue weighted by Crippen LogP contribution is 2.30. The van der Waals surface area contributed by atoms with Crippen molar-refractivity contribution in [2.24, 2.45) is 7.05 Å². The van der Waals surface area contributed by atoms with Crippen LogP contribution in [0.2, 0.25) is 0 Å². The summed E-state index contributed by atoms with van der Waals surface area (Å²) in [5.74, 6) is 1.43.